The third-order valence-electron chi connectivity index (χ3n) is 10.2. The monoisotopic (exact) mass is 838 g/mol. The molecule has 58 heavy (non-hydrogen) atoms. The Balaban J connectivity index is 3.99. The van der Waals surface area contributed by atoms with Crippen molar-refractivity contribution in [2.45, 2.75) is 225 Å². The van der Waals surface area contributed by atoms with Gasteiger partial charge in [-0.05, 0) is 77.0 Å². The number of nitrogens with two attached hydrogens (primary N) is 1. The van der Waals surface area contributed by atoms with Crippen LogP contribution in [0, 0.1) is 0 Å². The summed E-state index contributed by atoms with van der Waals surface area (Å²) in [7, 11) is -4.28. The first-order valence-corrected chi connectivity index (χ1v) is 25.6. The van der Waals surface area contributed by atoms with E-state index in [-0.39, 0.29) is 32.3 Å². The number of allylic oxidation sites excluding steroid dienone is 8. The Labute approximate surface area is 358 Å². The van der Waals surface area contributed by atoms with Gasteiger partial charge in [-0.25, -0.2) is 4.57 Å². The van der Waals surface area contributed by atoms with Gasteiger partial charge in [0.15, 0.2) is 0 Å². The Kier molecular flexibility index (Phi) is 45.3. The van der Waals surface area contributed by atoms with E-state index in [0.717, 1.165) is 44.9 Å². The fourth-order valence-electron chi connectivity index (χ4n) is 6.65. The lowest BCUT2D eigenvalue weighted by Crippen LogP contribution is -2.28. The van der Waals surface area contributed by atoms with E-state index in [9.17, 15) is 14.3 Å². The van der Waals surface area contributed by atoms with Crippen LogP contribution >= 0.6 is 7.82 Å². The van der Waals surface area contributed by atoms with Crippen molar-refractivity contribution in [2.24, 2.45) is 5.73 Å². The largest absolute Gasteiger partial charge is 0.472 e. The fourth-order valence-corrected chi connectivity index (χ4v) is 7.41. The second kappa shape index (κ2) is 46.5. The molecule has 0 aromatic rings. The molecule has 0 radical (unpaired) electrons. The van der Waals surface area contributed by atoms with E-state index in [1.807, 2.05) is 0 Å². The predicted molar refractivity (Wildman–Crippen MR) is 247 cm³/mol. The van der Waals surface area contributed by atoms with Gasteiger partial charge in [-0.2, -0.15) is 0 Å². The molecule has 0 fully saturated rings. The minimum absolute atomic E-state index is 0.0975. The summed E-state index contributed by atoms with van der Waals surface area (Å²) < 4.78 is 33.5. The van der Waals surface area contributed by atoms with Gasteiger partial charge in [-0.3, -0.25) is 13.8 Å². The highest BCUT2D eigenvalue weighted by atomic mass is 31.2. The van der Waals surface area contributed by atoms with Crippen molar-refractivity contribution in [2.75, 3.05) is 33.0 Å². The maximum absolute atomic E-state index is 12.6. The van der Waals surface area contributed by atoms with Crippen molar-refractivity contribution in [1.29, 1.82) is 0 Å². The number of hydrogen-bond acceptors (Lipinski definition) is 7. The van der Waals surface area contributed by atoms with Crippen LogP contribution in [-0.2, 0) is 27.9 Å². The number of rotatable bonds is 46. The molecule has 0 amide bonds. The summed E-state index contributed by atoms with van der Waals surface area (Å²) in [5, 5.41) is 0. The topological polar surface area (TPSA) is 117 Å². The number of ether oxygens (including phenoxy) is 2. The molecule has 0 aliphatic carbocycles. The summed E-state index contributed by atoms with van der Waals surface area (Å²) in [5.41, 5.74) is 5.38. The number of carbonyl (C=O) groups excluding carboxylic acids is 1. The van der Waals surface area contributed by atoms with Crippen molar-refractivity contribution in [3.63, 3.8) is 0 Å². The van der Waals surface area contributed by atoms with Crippen molar-refractivity contribution in [1.82, 2.24) is 0 Å². The van der Waals surface area contributed by atoms with Crippen LogP contribution < -0.4 is 5.73 Å². The summed E-state index contributed by atoms with van der Waals surface area (Å²) in [6, 6.07) is 0. The van der Waals surface area contributed by atoms with E-state index in [2.05, 4.69) is 62.5 Å². The molecular weight excluding hydrogens is 746 g/mol. The molecule has 2 unspecified atom stereocenters. The van der Waals surface area contributed by atoms with Gasteiger partial charge in [0, 0.05) is 19.6 Å². The van der Waals surface area contributed by atoms with Crippen molar-refractivity contribution in [3.05, 3.63) is 48.6 Å². The van der Waals surface area contributed by atoms with Gasteiger partial charge in [0.05, 0.1) is 19.8 Å². The van der Waals surface area contributed by atoms with Crippen molar-refractivity contribution in [3.8, 4) is 0 Å². The van der Waals surface area contributed by atoms with E-state index in [4.69, 9.17) is 24.3 Å². The highest BCUT2D eigenvalue weighted by molar-refractivity contribution is 7.47. The smallest absolute Gasteiger partial charge is 0.457 e. The van der Waals surface area contributed by atoms with Crippen LogP contribution in [0.2, 0.25) is 0 Å². The van der Waals surface area contributed by atoms with Crippen LogP contribution in [0.25, 0.3) is 0 Å². The molecule has 0 heterocycles. The average molecular weight is 838 g/mol. The summed E-state index contributed by atoms with van der Waals surface area (Å²) in [4.78, 5) is 22.6. The third kappa shape index (κ3) is 45.5. The first-order valence-electron chi connectivity index (χ1n) is 24.1. The molecule has 340 valence electrons. The SMILES string of the molecule is CCCCC/C=C\C/C=C\CCCCCCCCCCOCC(COP(=O)(O)OCCN)OC(=O)CCCCCCCCCCC/C=C\C/C=C\CCCCCCC. The lowest BCUT2D eigenvalue weighted by molar-refractivity contribution is -0.154. The minimum atomic E-state index is -4.28. The van der Waals surface area contributed by atoms with E-state index in [1.54, 1.807) is 0 Å². The van der Waals surface area contributed by atoms with Crippen LogP contribution in [0.3, 0.4) is 0 Å². The second-order valence-electron chi connectivity index (χ2n) is 16.0. The molecule has 0 aliphatic heterocycles. The second-order valence-corrected chi connectivity index (χ2v) is 17.4. The Morgan fingerprint density at radius 2 is 0.914 bits per heavy atom. The molecule has 0 saturated carbocycles. The van der Waals surface area contributed by atoms with Crippen molar-refractivity contribution >= 4 is 13.8 Å². The molecule has 2 atom stereocenters. The van der Waals surface area contributed by atoms with Gasteiger partial charge in [-0.1, -0.05) is 184 Å². The Hall–Kier alpha value is -1.54. The fraction of sp³-hybridized carbons (Fsp3) is 0.816. The van der Waals surface area contributed by atoms with Gasteiger partial charge in [0.25, 0.3) is 0 Å². The first kappa shape index (κ1) is 56.5. The quantitative estimate of drug-likeness (QED) is 0.0269. The van der Waals surface area contributed by atoms with Crippen LogP contribution in [0.5, 0.6) is 0 Å². The summed E-state index contributed by atoms with van der Waals surface area (Å²) in [5.74, 6) is -0.336. The zero-order chi connectivity index (χ0) is 42.3. The van der Waals surface area contributed by atoms with Crippen LogP contribution in [0.15, 0.2) is 48.6 Å². The number of esters is 1. The van der Waals surface area contributed by atoms with Gasteiger partial charge in [0.1, 0.15) is 6.10 Å². The number of carbonyl (C=O) groups is 1. The van der Waals surface area contributed by atoms with Gasteiger partial charge < -0.3 is 20.1 Å². The maximum atomic E-state index is 12.6. The normalized spacial score (nSPS) is 13.8. The predicted octanol–water partition coefficient (Wildman–Crippen LogP) is 14.8. The Morgan fingerprint density at radius 3 is 1.38 bits per heavy atom. The molecule has 0 aromatic carbocycles. The number of unbranched alkanes of at least 4 members (excludes halogenated alkanes) is 25. The zero-order valence-electron chi connectivity index (χ0n) is 37.8. The maximum Gasteiger partial charge on any atom is 0.472 e. The Morgan fingerprint density at radius 1 is 0.517 bits per heavy atom. The molecule has 3 N–H and O–H groups in total. The summed E-state index contributed by atoms with van der Waals surface area (Å²) >= 11 is 0. The molecule has 0 rings (SSSR count). The molecule has 0 aliphatic rings. The lowest BCUT2D eigenvalue weighted by Gasteiger charge is -2.20. The molecule has 0 aromatic heterocycles. The Bertz CT molecular complexity index is 1030. The first-order chi connectivity index (χ1) is 28.4. The minimum Gasteiger partial charge on any atom is -0.457 e. The van der Waals surface area contributed by atoms with E-state index in [1.165, 1.54) is 154 Å². The molecule has 0 bridgehead atoms. The number of phosphoric acid groups is 1. The number of hydrogen-bond donors (Lipinski definition) is 2. The van der Waals surface area contributed by atoms with Gasteiger partial charge >= 0.3 is 13.8 Å². The third-order valence-corrected chi connectivity index (χ3v) is 11.2. The highest BCUT2D eigenvalue weighted by Gasteiger charge is 2.25. The zero-order valence-corrected chi connectivity index (χ0v) is 38.7. The summed E-state index contributed by atoms with van der Waals surface area (Å²) in [6.07, 6.45) is 55.6. The lowest BCUT2D eigenvalue weighted by atomic mass is 10.1. The van der Waals surface area contributed by atoms with E-state index >= 15 is 0 Å². The average Bonchev–Trinajstić information content (AvgIpc) is 3.21. The van der Waals surface area contributed by atoms with Crippen molar-refractivity contribution < 1.29 is 32.8 Å². The van der Waals surface area contributed by atoms with Crippen LogP contribution in [-0.4, -0.2) is 49.9 Å². The van der Waals surface area contributed by atoms with Gasteiger partial charge in [0.2, 0.25) is 0 Å². The number of phosphoric ester groups is 1. The molecule has 8 nitrogen and oxygen atoms in total. The summed E-state index contributed by atoms with van der Waals surface area (Å²) in [6.45, 7) is 4.89. The highest BCUT2D eigenvalue weighted by Crippen LogP contribution is 2.43. The molecular formula is C49H92NO7P. The van der Waals surface area contributed by atoms with Gasteiger partial charge in [-0.15, -0.1) is 0 Å². The van der Waals surface area contributed by atoms with E-state index in [0.29, 0.717) is 13.0 Å². The molecule has 9 heteroatoms. The van der Waals surface area contributed by atoms with E-state index < -0.39 is 13.9 Å². The molecule has 0 spiro atoms. The van der Waals surface area contributed by atoms with Crippen LogP contribution in [0.4, 0.5) is 0 Å². The molecule has 0 saturated heterocycles. The standard InChI is InChI=1S/C49H92NO7P/c1-3-5-7-9-11-13-15-17-19-21-23-24-25-26-28-30-32-34-36-38-40-42-49(51)57-48(47-56-58(52,53)55-45-43-50)46-54-44-41-39-37-35-33-31-29-27-22-20-18-16-14-12-10-8-6-4-2/h12,14-15,17-18,20-21,23,48H,3-11,13,16,19,22,24-47,50H2,1-2H3,(H,52,53)/b14-12-,17-15-,20-18-,23-21-. The van der Waals surface area contributed by atoms with Crippen LogP contribution in [0.1, 0.15) is 219 Å².